The smallest absolute Gasteiger partial charge is 0.360 e. The van der Waals surface area contributed by atoms with E-state index in [0.29, 0.717) is 29.5 Å². The molecule has 0 spiro atoms. The maximum Gasteiger partial charge on any atom is 0.360 e. The van der Waals surface area contributed by atoms with Gasteiger partial charge in [0, 0.05) is 12.1 Å². The Bertz CT molecular complexity index is 973. The molecule has 0 atom stereocenters. The van der Waals surface area contributed by atoms with E-state index in [9.17, 15) is 4.79 Å². The predicted molar refractivity (Wildman–Crippen MR) is 107 cm³/mol. The van der Waals surface area contributed by atoms with Gasteiger partial charge in [0.2, 0.25) is 0 Å². The van der Waals surface area contributed by atoms with Gasteiger partial charge in [0.25, 0.3) is 0 Å². The Morgan fingerprint density at radius 3 is 1.80 bits per heavy atom. The molecule has 0 radical (unpaired) electrons. The topological polar surface area (TPSA) is 93.9 Å². The average molecular weight is 413 g/mol. The summed E-state index contributed by atoms with van der Waals surface area (Å²) in [5.74, 6) is 1.97. The molecule has 0 saturated heterocycles. The first-order valence-corrected chi connectivity index (χ1v) is 9.05. The summed E-state index contributed by atoms with van der Waals surface area (Å²) in [4.78, 5) is 12.4. The van der Waals surface area contributed by atoms with E-state index in [4.69, 9.17) is 23.7 Å². The fourth-order valence-corrected chi connectivity index (χ4v) is 2.79. The second-order valence-corrected chi connectivity index (χ2v) is 6.32. The lowest BCUT2D eigenvalue weighted by atomic mass is 10.2. The van der Waals surface area contributed by atoms with E-state index in [1.807, 2.05) is 12.1 Å². The number of aromatic nitrogens is 3. The van der Waals surface area contributed by atoms with Crippen LogP contribution in [0.4, 0.5) is 0 Å². The van der Waals surface area contributed by atoms with Gasteiger partial charge in [0.15, 0.2) is 5.69 Å². The summed E-state index contributed by atoms with van der Waals surface area (Å²) >= 11 is 0. The van der Waals surface area contributed by atoms with Crippen LogP contribution in [0.15, 0.2) is 42.6 Å². The summed E-state index contributed by atoms with van der Waals surface area (Å²) in [7, 11) is 6.28. The SMILES string of the molecule is COc1cc(COC(=O)c2cn(Cc3cc(OC)cc(OC)c3)nn2)cc(OC)c1. The van der Waals surface area contributed by atoms with Gasteiger partial charge in [-0.2, -0.15) is 0 Å². The molecule has 158 valence electrons. The molecular formula is C21H23N3O6. The van der Waals surface area contributed by atoms with E-state index in [2.05, 4.69) is 10.3 Å². The number of hydrogen-bond donors (Lipinski definition) is 0. The van der Waals surface area contributed by atoms with Gasteiger partial charge in [0.05, 0.1) is 41.2 Å². The molecule has 3 aromatic rings. The van der Waals surface area contributed by atoms with Crippen LogP contribution in [0.25, 0.3) is 0 Å². The molecule has 9 nitrogen and oxygen atoms in total. The molecule has 0 saturated carbocycles. The molecule has 3 rings (SSSR count). The lowest BCUT2D eigenvalue weighted by molar-refractivity contribution is 0.0465. The van der Waals surface area contributed by atoms with Gasteiger partial charge in [-0.3, -0.25) is 0 Å². The largest absolute Gasteiger partial charge is 0.497 e. The summed E-state index contributed by atoms with van der Waals surface area (Å²) in [5.41, 5.74) is 1.73. The van der Waals surface area contributed by atoms with Gasteiger partial charge in [-0.15, -0.1) is 5.10 Å². The molecule has 9 heteroatoms. The number of rotatable bonds is 9. The summed E-state index contributed by atoms with van der Waals surface area (Å²) in [5, 5.41) is 7.90. The highest BCUT2D eigenvalue weighted by molar-refractivity contribution is 5.86. The van der Waals surface area contributed by atoms with E-state index in [-0.39, 0.29) is 12.3 Å². The minimum atomic E-state index is -0.578. The monoisotopic (exact) mass is 413 g/mol. The number of benzene rings is 2. The van der Waals surface area contributed by atoms with Gasteiger partial charge < -0.3 is 23.7 Å². The molecule has 1 heterocycles. The van der Waals surface area contributed by atoms with Gasteiger partial charge in [-0.1, -0.05) is 5.21 Å². The standard InChI is InChI=1S/C21H23N3O6/c1-26-16-5-14(6-17(9-16)27-2)11-24-12-20(22-23-24)21(25)30-13-15-7-18(28-3)10-19(8-15)29-4/h5-10,12H,11,13H2,1-4H3. The predicted octanol–water partition coefficient (Wildman–Crippen LogP) is 2.72. The third-order valence-electron chi connectivity index (χ3n) is 4.28. The van der Waals surface area contributed by atoms with Gasteiger partial charge in [0.1, 0.15) is 29.6 Å². The number of carbonyl (C=O) groups is 1. The zero-order valence-corrected chi connectivity index (χ0v) is 17.2. The van der Waals surface area contributed by atoms with Crippen LogP contribution < -0.4 is 18.9 Å². The highest BCUT2D eigenvalue weighted by Crippen LogP contribution is 2.24. The van der Waals surface area contributed by atoms with Crippen LogP contribution in [0.2, 0.25) is 0 Å². The Labute approximate surface area is 174 Å². The van der Waals surface area contributed by atoms with Crippen molar-refractivity contribution < 1.29 is 28.5 Å². The van der Waals surface area contributed by atoms with Crippen molar-refractivity contribution in [3.05, 3.63) is 59.4 Å². The van der Waals surface area contributed by atoms with E-state index in [1.54, 1.807) is 57.4 Å². The Morgan fingerprint density at radius 1 is 0.800 bits per heavy atom. The second kappa shape index (κ2) is 9.64. The number of nitrogens with zero attached hydrogens (tertiary/aromatic N) is 3. The third-order valence-corrected chi connectivity index (χ3v) is 4.28. The summed E-state index contributed by atoms with van der Waals surface area (Å²) < 4.78 is 27.9. The average Bonchev–Trinajstić information content (AvgIpc) is 3.25. The van der Waals surface area contributed by atoms with Crippen LogP contribution in [0, 0.1) is 0 Å². The fourth-order valence-electron chi connectivity index (χ4n) is 2.79. The zero-order valence-electron chi connectivity index (χ0n) is 17.2. The van der Waals surface area contributed by atoms with Gasteiger partial charge in [-0.25, -0.2) is 9.48 Å². The lowest BCUT2D eigenvalue weighted by Gasteiger charge is -2.08. The molecule has 2 aromatic carbocycles. The summed E-state index contributed by atoms with van der Waals surface area (Å²) in [6.07, 6.45) is 1.53. The summed E-state index contributed by atoms with van der Waals surface area (Å²) in [6, 6.07) is 10.8. The minimum absolute atomic E-state index is 0.0480. The molecule has 1 aromatic heterocycles. The number of esters is 1. The number of ether oxygens (including phenoxy) is 5. The molecule has 0 aliphatic heterocycles. The van der Waals surface area contributed by atoms with Crippen LogP contribution in [0.5, 0.6) is 23.0 Å². The number of carbonyl (C=O) groups excluding carboxylic acids is 1. The Balaban J connectivity index is 1.65. The molecule has 0 fully saturated rings. The van der Waals surface area contributed by atoms with Gasteiger partial charge in [-0.05, 0) is 35.4 Å². The van der Waals surface area contributed by atoms with Crippen molar-refractivity contribution in [3.8, 4) is 23.0 Å². The normalized spacial score (nSPS) is 10.4. The molecule has 0 unspecified atom stereocenters. The maximum absolute atomic E-state index is 12.4. The highest BCUT2D eigenvalue weighted by atomic mass is 16.5. The van der Waals surface area contributed by atoms with Crippen molar-refractivity contribution in [1.82, 2.24) is 15.0 Å². The molecule has 0 N–H and O–H groups in total. The van der Waals surface area contributed by atoms with Crippen LogP contribution in [-0.2, 0) is 17.9 Å². The first-order chi connectivity index (χ1) is 14.5. The van der Waals surface area contributed by atoms with Crippen molar-refractivity contribution >= 4 is 5.97 Å². The molecule has 0 amide bonds. The highest BCUT2D eigenvalue weighted by Gasteiger charge is 2.14. The van der Waals surface area contributed by atoms with Gasteiger partial charge >= 0.3 is 5.97 Å². The third kappa shape index (κ3) is 5.19. The lowest BCUT2D eigenvalue weighted by Crippen LogP contribution is -2.06. The minimum Gasteiger partial charge on any atom is -0.497 e. The van der Waals surface area contributed by atoms with E-state index in [1.165, 1.54) is 6.20 Å². The van der Waals surface area contributed by atoms with E-state index in [0.717, 1.165) is 11.1 Å². The van der Waals surface area contributed by atoms with E-state index >= 15 is 0 Å². The van der Waals surface area contributed by atoms with Crippen LogP contribution in [0.3, 0.4) is 0 Å². The van der Waals surface area contributed by atoms with Crippen LogP contribution >= 0.6 is 0 Å². The number of hydrogen-bond acceptors (Lipinski definition) is 8. The van der Waals surface area contributed by atoms with Crippen molar-refractivity contribution in [3.63, 3.8) is 0 Å². The molecule has 0 bridgehead atoms. The van der Waals surface area contributed by atoms with Crippen LogP contribution in [-0.4, -0.2) is 49.4 Å². The second-order valence-electron chi connectivity index (χ2n) is 6.32. The molecule has 0 aliphatic rings. The number of methoxy groups -OCH3 is 4. The fraction of sp³-hybridized carbons (Fsp3) is 0.286. The molecular weight excluding hydrogens is 390 g/mol. The van der Waals surface area contributed by atoms with Crippen molar-refractivity contribution in [1.29, 1.82) is 0 Å². The maximum atomic E-state index is 12.4. The summed E-state index contributed by atoms with van der Waals surface area (Å²) in [6.45, 7) is 0.438. The first-order valence-electron chi connectivity index (χ1n) is 9.05. The Morgan fingerprint density at radius 2 is 1.30 bits per heavy atom. The van der Waals surface area contributed by atoms with Crippen molar-refractivity contribution in [2.24, 2.45) is 0 Å². The van der Waals surface area contributed by atoms with E-state index < -0.39 is 5.97 Å². The quantitative estimate of drug-likeness (QED) is 0.494. The first kappa shape index (κ1) is 21.0. The molecule has 30 heavy (non-hydrogen) atoms. The van der Waals surface area contributed by atoms with Crippen molar-refractivity contribution in [2.45, 2.75) is 13.2 Å². The molecule has 0 aliphatic carbocycles. The zero-order chi connectivity index (χ0) is 21.5. The van der Waals surface area contributed by atoms with Crippen molar-refractivity contribution in [2.75, 3.05) is 28.4 Å². The Hall–Kier alpha value is -3.75. The van der Waals surface area contributed by atoms with Crippen LogP contribution in [0.1, 0.15) is 21.6 Å². The Kier molecular flexibility index (Phi) is 6.74.